The van der Waals surface area contributed by atoms with Crippen LogP contribution in [0.2, 0.25) is 5.02 Å². The van der Waals surface area contributed by atoms with Crippen LogP contribution in [0.25, 0.3) is 0 Å². The zero-order valence-corrected chi connectivity index (χ0v) is 12.8. The van der Waals surface area contributed by atoms with Gasteiger partial charge in [-0.3, -0.25) is 0 Å². The molecule has 1 fully saturated rings. The van der Waals surface area contributed by atoms with Crippen LogP contribution in [0.5, 0.6) is 0 Å². The van der Waals surface area contributed by atoms with Gasteiger partial charge in [-0.2, -0.15) is 0 Å². The topological polar surface area (TPSA) is 21.1 Å². The summed E-state index contributed by atoms with van der Waals surface area (Å²) in [5.74, 6) is 0. The molecule has 0 spiro atoms. The maximum Gasteiger partial charge on any atom is 0.101 e. The van der Waals surface area contributed by atoms with Crippen LogP contribution in [-0.2, 0) is 6.54 Å². The third kappa shape index (κ3) is 5.13. The fraction of sp³-hybridized carbons (Fsp3) is 0.625. The van der Waals surface area contributed by atoms with Gasteiger partial charge in [-0.25, -0.2) is 0 Å². The molecule has 0 amide bonds. The van der Waals surface area contributed by atoms with Gasteiger partial charge in [-0.1, -0.05) is 23.7 Å². The lowest BCUT2D eigenvalue weighted by molar-refractivity contribution is -0.930. The number of nitrogens with two attached hydrogens (primary N) is 1. The normalized spacial score (nSPS) is 23.5. The summed E-state index contributed by atoms with van der Waals surface area (Å²) < 4.78 is 0. The minimum atomic E-state index is 0.825. The highest BCUT2D eigenvalue weighted by Crippen LogP contribution is 2.08. The fourth-order valence-corrected chi connectivity index (χ4v) is 3.11. The molecule has 1 aromatic carbocycles. The number of rotatable bonds is 6. The van der Waals surface area contributed by atoms with Gasteiger partial charge in [-0.05, 0) is 38.3 Å². The van der Waals surface area contributed by atoms with Gasteiger partial charge in [-0.15, -0.1) is 0 Å². The molecule has 1 aliphatic heterocycles. The Morgan fingerprint density at radius 1 is 1.26 bits per heavy atom. The first-order chi connectivity index (χ1) is 9.25. The van der Waals surface area contributed by atoms with Crippen LogP contribution in [0.3, 0.4) is 0 Å². The molecule has 1 heterocycles. The second-order valence-electron chi connectivity index (χ2n) is 5.82. The average Bonchev–Trinajstić information content (AvgIpc) is 2.42. The van der Waals surface area contributed by atoms with Crippen LogP contribution in [0.1, 0.15) is 38.2 Å². The standard InChI is InChI=1S/C16H25ClN2/c1-14-5-2-3-11-19(14)12-4-10-18-13-15-6-8-16(17)9-7-15/h6-9,14,18H,2-5,10-13H2,1H3/p+2/t14-/m0/s1. The Balaban J connectivity index is 1.58. The molecule has 0 bridgehead atoms. The molecular formula is C16H27ClN2+2. The number of hydrogen-bond donors (Lipinski definition) is 2. The van der Waals surface area contributed by atoms with Crippen molar-refractivity contribution in [3.63, 3.8) is 0 Å². The number of halogens is 1. The summed E-state index contributed by atoms with van der Waals surface area (Å²) in [6.45, 7) is 7.45. The number of benzene rings is 1. The Morgan fingerprint density at radius 3 is 2.79 bits per heavy atom. The molecule has 2 rings (SSSR count). The predicted octanol–water partition coefficient (Wildman–Crippen LogP) is 1.25. The summed E-state index contributed by atoms with van der Waals surface area (Å²) in [6, 6.07) is 9.08. The predicted molar refractivity (Wildman–Crippen MR) is 80.6 cm³/mol. The van der Waals surface area contributed by atoms with Gasteiger partial charge in [0.2, 0.25) is 0 Å². The summed E-state index contributed by atoms with van der Waals surface area (Å²) in [6.07, 6.45) is 5.61. The smallest absolute Gasteiger partial charge is 0.101 e. The van der Waals surface area contributed by atoms with E-state index in [-0.39, 0.29) is 0 Å². The number of quaternary nitrogens is 2. The average molecular weight is 283 g/mol. The van der Waals surface area contributed by atoms with Crippen LogP contribution in [0, 0.1) is 0 Å². The van der Waals surface area contributed by atoms with E-state index in [1.807, 2.05) is 17.0 Å². The Morgan fingerprint density at radius 2 is 2.05 bits per heavy atom. The van der Waals surface area contributed by atoms with E-state index >= 15 is 0 Å². The second kappa shape index (κ2) is 7.88. The SMILES string of the molecule is C[C@H]1CCCC[NH+]1CCC[NH2+]Cc1ccc(Cl)cc1. The lowest BCUT2D eigenvalue weighted by atomic mass is 10.0. The van der Waals surface area contributed by atoms with E-state index in [0.717, 1.165) is 17.6 Å². The van der Waals surface area contributed by atoms with Crippen molar-refractivity contribution in [2.45, 2.75) is 45.2 Å². The highest BCUT2D eigenvalue weighted by Gasteiger charge is 2.20. The lowest BCUT2D eigenvalue weighted by Gasteiger charge is -2.29. The highest BCUT2D eigenvalue weighted by molar-refractivity contribution is 6.30. The number of hydrogen-bond acceptors (Lipinski definition) is 0. The van der Waals surface area contributed by atoms with E-state index in [1.165, 1.54) is 50.9 Å². The maximum atomic E-state index is 5.88. The minimum absolute atomic E-state index is 0.825. The van der Waals surface area contributed by atoms with Crippen LogP contribution in [0.15, 0.2) is 24.3 Å². The first-order valence-electron chi connectivity index (χ1n) is 7.66. The fourth-order valence-electron chi connectivity index (χ4n) is 2.99. The molecule has 3 heteroatoms. The summed E-state index contributed by atoms with van der Waals surface area (Å²) in [4.78, 5) is 1.83. The third-order valence-corrected chi connectivity index (χ3v) is 4.53. The molecule has 2 atom stereocenters. The molecule has 2 nitrogen and oxygen atoms in total. The molecular weight excluding hydrogens is 256 g/mol. The van der Waals surface area contributed by atoms with E-state index in [2.05, 4.69) is 24.4 Å². The van der Waals surface area contributed by atoms with Crippen molar-refractivity contribution < 1.29 is 10.2 Å². The Labute approximate surface area is 122 Å². The number of piperidine rings is 1. The summed E-state index contributed by atoms with van der Waals surface area (Å²) in [5.41, 5.74) is 1.36. The highest BCUT2D eigenvalue weighted by atomic mass is 35.5. The van der Waals surface area contributed by atoms with Crippen molar-refractivity contribution in [1.29, 1.82) is 0 Å². The summed E-state index contributed by atoms with van der Waals surface area (Å²) in [5, 5.41) is 3.24. The van der Waals surface area contributed by atoms with Crippen molar-refractivity contribution >= 4 is 11.6 Å². The molecule has 0 saturated carbocycles. The Hall–Kier alpha value is -0.570. The van der Waals surface area contributed by atoms with Crippen molar-refractivity contribution in [1.82, 2.24) is 0 Å². The van der Waals surface area contributed by atoms with Crippen molar-refractivity contribution in [2.24, 2.45) is 0 Å². The van der Waals surface area contributed by atoms with Gasteiger partial charge in [0.1, 0.15) is 6.54 Å². The van der Waals surface area contributed by atoms with Gasteiger partial charge >= 0.3 is 0 Å². The van der Waals surface area contributed by atoms with Crippen molar-refractivity contribution in [2.75, 3.05) is 19.6 Å². The first kappa shape index (κ1) is 14.8. The van der Waals surface area contributed by atoms with Crippen molar-refractivity contribution in [3.05, 3.63) is 34.9 Å². The van der Waals surface area contributed by atoms with E-state index in [9.17, 15) is 0 Å². The van der Waals surface area contributed by atoms with E-state index in [1.54, 1.807) is 0 Å². The van der Waals surface area contributed by atoms with E-state index < -0.39 is 0 Å². The quantitative estimate of drug-likeness (QED) is 0.733. The van der Waals surface area contributed by atoms with Crippen LogP contribution >= 0.6 is 11.6 Å². The van der Waals surface area contributed by atoms with E-state index in [0.29, 0.717) is 0 Å². The lowest BCUT2D eigenvalue weighted by Crippen LogP contribution is -3.16. The Kier molecular flexibility index (Phi) is 6.15. The minimum Gasteiger partial charge on any atom is -0.342 e. The van der Waals surface area contributed by atoms with Gasteiger partial charge < -0.3 is 10.2 Å². The third-order valence-electron chi connectivity index (χ3n) is 4.28. The molecule has 106 valence electrons. The van der Waals surface area contributed by atoms with Gasteiger partial charge in [0.15, 0.2) is 0 Å². The first-order valence-corrected chi connectivity index (χ1v) is 8.04. The number of nitrogens with one attached hydrogen (secondary N) is 1. The summed E-state index contributed by atoms with van der Waals surface area (Å²) in [7, 11) is 0. The van der Waals surface area contributed by atoms with Gasteiger partial charge in [0.05, 0.1) is 25.7 Å². The molecule has 1 aromatic rings. The van der Waals surface area contributed by atoms with Crippen LogP contribution in [0.4, 0.5) is 0 Å². The molecule has 1 unspecified atom stereocenters. The van der Waals surface area contributed by atoms with Crippen molar-refractivity contribution in [3.8, 4) is 0 Å². The van der Waals surface area contributed by atoms with E-state index in [4.69, 9.17) is 11.6 Å². The molecule has 19 heavy (non-hydrogen) atoms. The van der Waals surface area contributed by atoms with Crippen LogP contribution < -0.4 is 10.2 Å². The number of likely N-dealkylation sites (tertiary alicyclic amines) is 1. The van der Waals surface area contributed by atoms with Crippen LogP contribution in [-0.4, -0.2) is 25.7 Å². The molecule has 1 aliphatic rings. The van der Waals surface area contributed by atoms with Gasteiger partial charge in [0.25, 0.3) is 0 Å². The molecule has 1 saturated heterocycles. The summed E-state index contributed by atoms with van der Waals surface area (Å²) >= 11 is 5.88. The zero-order chi connectivity index (χ0) is 13.5. The largest absolute Gasteiger partial charge is 0.342 e. The maximum absolute atomic E-state index is 5.88. The van der Waals surface area contributed by atoms with Gasteiger partial charge in [0, 0.05) is 17.0 Å². The molecule has 0 aliphatic carbocycles. The monoisotopic (exact) mass is 282 g/mol. The molecule has 0 aromatic heterocycles. The molecule has 3 N–H and O–H groups in total. The molecule has 0 radical (unpaired) electrons. The second-order valence-corrected chi connectivity index (χ2v) is 6.25. The Bertz CT molecular complexity index is 364. The zero-order valence-electron chi connectivity index (χ0n) is 12.0.